The van der Waals surface area contributed by atoms with Crippen LogP contribution in [-0.4, -0.2) is 11.8 Å². The molecule has 0 fully saturated rings. The van der Waals surface area contributed by atoms with Gasteiger partial charge in [-0.1, -0.05) is 6.08 Å². The zero-order valence-corrected chi connectivity index (χ0v) is 5.37. The monoisotopic (exact) mass is 139 g/mol. The topological polar surface area (TPSA) is 57.2 Å². The van der Waals surface area contributed by atoms with Gasteiger partial charge >= 0.3 is 0 Å². The van der Waals surface area contributed by atoms with E-state index < -0.39 is 11.9 Å². The van der Waals surface area contributed by atoms with E-state index in [-0.39, 0.29) is 5.78 Å². The van der Waals surface area contributed by atoms with E-state index in [9.17, 15) is 14.7 Å². The summed E-state index contributed by atoms with van der Waals surface area (Å²) in [6.07, 6.45) is 3.41. The fourth-order valence-electron chi connectivity index (χ4n) is 0.897. The number of carboxylic acids is 1. The number of hydrogen-bond donors (Lipinski definition) is 0. The zero-order chi connectivity index (χ0) is 7.56. The molecule has 1 aliphatic carbocycles. The predicted octanol–water partition coefficient (Wildman–Crippen LogP) is -0.728. The molecule has 0 saturated heterocycles. The van der Waals surface area contributed by atoms with Crippen LogP contribution in [0.1, 0.15) is 12.8 Å². The van der Waals surface area contributed by atoms with Gasteiger partial charge in [0.15, 0.2) is 5.78 Å². The maximum atomic E-state index is 10.5. The molecule has 3 nitrogen and oxygen atoms in total. The molecule has 0 saturated carbocycles. The lowest BCUT2D eigenvalue weighted by Gasteiger charge is -2.15. The quantitative estimate of drug-likeness (QED) is 0.481. The Morgan fingerprint density at radius 2 is 2.40 bits per heavy atom. The Balaban J connectivity index is 2.61. The minimum Gasteiger partial charge on any atom is -0.550 e. The Labute approximate surface area is 58.4 Å². The molecule has 10 heavy (non-hydrogen) atoms. The van der Waals surface area contributed by atoms with Gasteiger partial charge in [-0.3, -0.25) is 4.79 Å². The van der Waals surface area contributed by atoms with Crippen LogP contribution in [0, 0.1) is 5.92 Å². The first-order valence-electron chi connectivity index (χ1n) is 3.12. The molecular weight excluding hydrogens is 132 g/mol. The number of hydrogen-bond acceptors (Lipinski definition) is 3. The SMILES string of the molecule is O=C1C=CC(C(=O)[O-])CC1. The standard InChI is InChI=1S/C7H8O3/c8-6-3-1-5(2-4-6)7(9)10/h1,3,5H,2,4H2,(H,9,10)/p-1. The lowest BCUT2D eigenvalue weighted by molar-refractivity contribution is -0.309. The molecule has 0 aromatic heterocycles. The normalized spacial score (nSPS) is 24.8. The van der Waals surface area contributed by atoms with Crippen LogP contribution in [0.25, 0.3) is 0 Å². The first kappa shape index (κ1) is 6.99. The van der Waals surface area contributed by atoms with Crippen LogP contribution < -0.4 is 5.11 Å². The van der Waals surface area contributed by atoms with Crippen LogP contribution in [0.4, 0.5) is 0 Å². The Hall–Kier alpha value is -1.12. The molecule has 1 rings (SSSR count). The Kier molecular flexibility index (Phi) is 1.85. The Bertz CT molecular complexity index is 193. The van der Waals surface area contributed by atoms with Gasteiger partial charge in [0.1, 0.15) is 0 Å². The van der Waals surface area contributed by atoms with Crippen LogP contribution in [0.5, 0.6) is 0 Å². The zero-order valence-electron chi connectivity index (χ0n) is 5.37. The van der Waals surface area contributed by atoms with Crippen molar-refractivity contribution < 1.29 is 14.7 Å². The highest BCUT2D eigenvalue weighted by atomic mass is 16.4. The maximum absolute atomic E-state index is 10.5. The third kappa shape index (κ3) is 1.43. The van der Waals surface area contributed by atoms with E-state index >= 15 is 0 Å². The van der Waals surface area contributed by atoms with Crippen LogP contribution in [0.2, 0.25) is 0 Å². The van der Waals surface area contributed by atoms with E-state index in [1.807, 2.05) is 0 Å². The fourth-order valence-corrected chi connectivity index (χ4v) is 0.897. The molecule has 1 unspecified atom stereocenters. The highest BCUT2D eigenvalue weighted by Gasteiger charge is 2.12. The number of carbonyl (C=O) groups excluding carboxylic acids is 2. The van der Waals surface area contributed by atoms with Gasteiger partial charge in [-0.05, 0) is 12.5 Å². The molecule has 0 amide bonds. The van der Waals surface area contributed by atoms with Crippen molar-refractivity contribution in [3.8, 4) is 0 Å². The number of ketones is 1. The van der Waals surface area contributed by atoms with E-state index in [4.69, 9.17) is 0 Å². The Morgan fingerprint density at radius 1 is 1.70 bits per heavy atom. The number of aliphatic carboxylic acids is 1. The summed E-state index contributed by atoms with van der Waals surface area (Å²) in [4.78, 5) is 20.7. The van der Waals surface area contributed by atoms with Gasteiger partial charge in [-0.25, -0.2) is 0 Å². The van der Waals surface area contributed by atoms with Gasteiger partial charge < -0.3 is 9.90 Å². The van der Waals surface area contributed by atoms with E-state index in [2.05, 4.69) is 0 Å². The van der Waals surface area contributed by atoms with Crippen LogP contribution in [0.3, 0.4) is 0 Å². The average Bonchev–Trinajstić information content (AvgIpc) is 1.88. The van der Waals surface area contributed by atoms with Gasteiger partial charge in [0.05, 0.1) is 0 Å². The molecule has 0 N–H and O–H groups in total. The summed E-state index contributed by atoms with van der Waals surface area (Å²) in [5.74, 6) is -1.65. The van der Waals surface area contributed by atoms with E-state index in [0.717, 1.165) is 0 Å². The van der Waals surface area contributed by atoms with Crippen molar-refractivity contribution in [2.24, 2.45) is 5.92 Å². The van der Waals surface area contributed by atoms with E-state index in [1.165, 1.54) is 12.2 Å². The van der Waals surface area contributed by atoms with Gasteiger partial charge in [0, 0.05) is 18.3 Å². The number of allylic oxidation sites excluding steroid dienone is 1. The van der Waals surface area contributed by atoms with E-state index in [1.54, 1.807) is 0 Å². The maximum Gasteiger partial charge on any atom is 0.155 e. The number of carbonyl (C=O) groups is 2. The predicted molar refractivity (Wildman–Crippen MR) is 31.9 cm³/mol. The summed E-state index contributed by atoms with van der Waals surface area (Å²) in [5.41, 5.74) is 0. The van der Waals surface area contributed by atoms with Crippen molar-refractivity contribution in [2.75, 3.05) is 0 Å². The molecular formula is C7H7O3-. The molecule has 0 bridgehead atoms. The second kappa shape index (κ2) is 2.64. The second-order valence-electron chi connectivity index (χ2n) is 2.29. The highest BCUT2D eigenvalue weighted by molar-refractivity contribution is 5.92. The molecule has 0 heterocycles. The van der Waals surface area contributed by atoms with Crippen molar-refractivity contribution in [1.29, 1.82) is 0 Å². The van der Waals surface area contributed by atoms with Crippen molar-refractivity contribution >= 4 is 11.8 Å². The van der Waals surface area contributed by atoms with Gasteiger partial charge in [-0.15, -0.1) is 0 Å². The molecule has 1 aliphatic rings. The van der Waals surface area contributed by atoms with Crippen molar-refractivity contribution in [1.82, 2.24) is 0 Å². The molecule has 1 atom stereocenters. The lowest BCUT2D eigenvalue weighted by Crippen LogP contribution is -2.31. The molecule has 54 valence electrons. The molecule has 3 heteroatoms. The molecule has 0 aromatic rings. The third-order valence-electron chi connectivity index (χ3n) is 1.52. The van der Waals surface area contributed by atoms with Crippen molar-refractivity contribution in [3.05, 3.63) is 12.2 Å². The summed E-state index contributed by atoms with van der Waals surface area (Å²) in [7, 11) is 0. The van der Waals surface area contributed by atoms with E-state index in [0.29, 0.717) is 12.8 Å². The summed E-state index contributed by atoms with van der Waals surface area (Å²) in [5, 5.41) is 10.2. The third-order valence-corrected chi connectivity index (χ3v) is 1.52. The molecule has 0 radical (unpaired) electrons. The fraction of sp³-hybridized carbons (Fsp3) is 0.429. The van der Waals surface area contributed by atoms with Crippen LogP contribution in [-0.2, 0) is 9.59 Å². The first-order valence-corrected chi connectivity index (χ1v) is 3.12. The summed E-state index contributed by atoms with van der Waals surface area (Å²) >= 11 is 0. The lowest BCUT2D eigenvalue weighted by atomic mass is 9.96. The van der Waals surface area contributed by atoms with Gasteiger partial charge in [0.25, 0.3) is 0 Å². The smallest absolute Gasteiger partial charge is 0.155 e. The summed E-state index contributed by atoms with van der Waals surface area (Å²) in [6.45, 7) is 0. The summed E-state index contributed by atoms with van der Waals surface area (Å²) in [6, 6.07) is 0. The van der Waals surface area contributed by atoms with Crippen molar-refractivity contribution in [3.63, 3.8) is 0 Å². The van der Waals surface area contributed by atoms with Gasteiger partial charge in [-0.2, -0.15) is 0 Å². The minimum absolute atomic E-state index is 0.00231. The van der Waals surface area contributed by atoms with Crippen molar-refractivity contribution in [2.45, 2.75) is 12.8 Å². The van der Waals surface area contributed by atoms with Crippen LogP contribution >= 0.6 is 0 Å². The highest BCUT2D eigenvalue weighted by Crippen LogP contribution is 2.13. The number of carboxylic acid groups (broad SMARTS) is 1. The molecule has 0 aromatic carbocycles. The van der Waals surface area contributed by atoms with Crippen LogP contribution in [0.15, 0.2) is 12.2 Å². The second-order valence-corrected chi connectivity index (χ2v) is 2.29. The Morgan fingerprint density at radius 3 is 2.80 bits per heavy atom. The first-order chi connectivity index (χ1) is 4.70. The minimum atomic E-state index is -1.09. The van der Waals surface area contributed by atoms with Gasteiger partial charge in [0.2, 0.25) is 0 Å². The average molecular weight is 139 g/mol. The molecule has 0 aliphatic heterocycles. The number of rotatable bonds is 1. The summed E-state index contributed by atoms with van der Waals surface area (Å²) < 4.78 is 0. The largest absolute Gasteiger partial charge is 0.550 e. The molecule has 0 spiro atoms.